The number of thioether (sulfide) groups is 1. The van der Waals surface area contributed by atoms with Crippen molar-refractivity contribution in [1.82, 2.24) is 19.7 Å². The Balaban J connectivity index is 1.51. The molecule has 1 unspecified atom stereocenters. The summed E-state index contributed by atoms with van der Waals surface area (Å²) in [4.78, 5) is 21.9. The van der Waals surface area contributed by atoms with Gasteiger partial charge in [-0.3, -0.25) is 9.78 Å². The van der Waals surface area contributed by atoms with Crippen LogP contribution in [0, 0.1) is 0 Å². The Bertz CT molecular complexity index is 1110. The van der Waals surface area contributed by atoms with Gasteiger partial charge in [-0.2, -0.15) is 4.98 Å². The Morgan fingerprint density at radius 2 is 2.07 bits per heavy atom. The number of benzene rings is 1. The molecule has 1 aromatic carbocycles. The molecule has 0 amide bonds. The molecule has 0 spiro atoms. The number of ether oxygens (including phenoxy) is 1. The van der Waals surface area contributed by atoms with E-state index < -0.39 is 0 Å². The molecule has 1 atom stereocenters. The summed E-state index contributed by atoms with van der Waals surface area (Å²) in [6.07, 6.45) is 4.05. The Kier molecular flexibility index (Phi) is 5.00. The molecule has 1 N–H and O–H groups in total. The van der Waals surface area contributed by atoms with Gasteiger partial charge < -0.3 is 10.1 Å². The highest BCUT2D eigenvalue weighted by atomic mass is 32.2. The van der Waals surface area contributed by atoms with Gasteiger partial charge in [0, 0.05) is 29.6 Å². The lowest BCUT2D eigenvalue weighted by Crippen LogP contribution is -2.31. The van der Waals surface area contributed by atoms with Gasteiger partial charge in [-0.1, -0.05) is 30.0 Å². The lowest BCUT2D eigenvalue weighted by Gasteiger charge is -2.32. The van der Waals surface area contributed by atoms with Crippen molar-refractivity contribution in [3.63, 3.8) is 0 Å². The molecule has 0 saturated carbocycles. The van der Waals surface area contributed by atoms with E-state index in [1.807, 2.05) is 47.1 Å². The van der Waals surface area contributed by atoms with Crippen molar-refractivity contribution in [2.45, 2.75) is 36.2 Å². The number of anilines is 1. The average Bonchev–Trinajstić information content (AvgIpc) is 3.20. The quantitative estimate of drug-likeness (QED) is 0.626. The number of nitrogens with one attached hydrogen (secondary N) is 1. The first-order chi connectivity index (χ1) is 14.7. The van der Waals surface area contributed by atoms with Gasteiger partial charge in [-0.15, -0.1) is 5.10 Å². The number of methoxy groups -OCH3 is 1. The predicted molar refractivity (Wildman–Crippen MR) is 114 cm³/mol. The number of rotatable bonds is 5. The van der Waals surface area contributed by atoms with Crippen molar-refractivity contribution in [2.75, 3.05) is 12.4 Å². The van der Waals surface area contributed by atoms with Crippen molar-refractivity contribution in [1.29, 1.82) is 0 Å². The van der Waals surface area contributed by atoms with E-state index in [2.05, 4.69) is 10.3 Å². The third kappa shape index (κ3) is 3.47. The summed E-state index contributed by atoms with van der Waals surface area (Å²) < 4.78 is 7.13. The molecule has 30 heavy (non-hydrogen) atoms. The number of carbonyl (C=O) groups excluding carboxylic acids is 1. The van der Waals surface area contributed by atoms with Crippen molar-refractivity contribution < 1.29 is 9.53 Å². The van der Waals surface area contributed by atoms with E-state index >= 15 is 0 Å². The van der Waals surface area contributed by atoms with Crippen LogP contribution in [0.15, 0.2) is 65.1 Å². The van der Waals surface area contributed by atoms with E-state index in [0.29, 0.717) is 23.3 Å². The highest BCUT2D eigenvalue weighted by Gasteiger charge is 2.36. The summed E-state index contributed by atoms with van der Waals surface area (Å²) in [6, 6.07) is 13.4. The molecular weight excluding hydrogens is 398 g/mol. The number of ketones is 1. The number of aromatic nitrogens is 4. The summed E-state index contributed by atoms with van der Waals surface area (Å²) in [7, 11) is 1.64. The Hall–Kier alpha value is -3.13. The average molecular weight is 420 g/mol. The summed E-state index contributed by atoms with van der Waals surface area (Å²) >= 11 is 1.54. The van der Waals surface area contributed by atoms with E-state index in [-0.39, 0.29) is 11.8 Å². The molecule has 0 saturated heterocycles. The van der Waals surface area contributed by atoms with Gasteiger partial charge in [0.05, 0.1) is 12.8 Å². The number of hydrogen-bond donors (Lipinski definition) is 1. The zero-order valence-electron chi connectivity index (χ0n) is 16.5. The van der Waals surface area contributed by atoms with Gasteiger partial charge in [-0.05, 0) is 42.7 Å². The van der Waals surface area contributed by atoms with E-state index in [0.717, 1.165) is 41.1 Å². The number of carbonyl (C=O) groups is 1. The first-order valence-corrected chi connectivity index (χ1v) is 10.9. The summed E-state index contributed by atoms with van der Waals surface area (Å²) in [5.41, 5.74) is 3.73. The maximum absolute atomic E-state index is 12.9. The highest BCUT2D eigenvalue weighted by Crippen LogP contribution is 2.41. The lowest BCUT2D eigenvalue weighted by atomic mass is 9.85. The second kappa shape index (κ2) is 7.95. The van der Waals surface area contributed by atoms with E-state index in [1.165, 1.54) is 11.8 Å². The van der Waals surface area contributed by atoms with Crippen LogP contribution in [0.3, 0.4) is 0 Å². The summed E-state index contributed by atoms with van der Waals surface area (Å²) in [5, 5.41) is 8.78. The van der Waals surface area contributed by atoms with Gasteiger partial charge >= 0.3 is 0 Å². The minimum atomic E-state index is -0.286. The predicted octanol–water partition coefficient (Wildman–Crippen LogP) is 4.00. The van der Waals surface area contributed by atoms with Crippen LogP contribution in [0.4, 0.5) is 5.95 Å². The van der Waals surface area contributed by atoms with Crippen LogP contribution in [0.2, 0.25) is 0 Å². The fourth-order valence-electron chi connectivity index (χ4n) is 3.91. The molecule has 152 valence electrons. The molecule has 3 aromatic rings. The number of hydrogen-bond acceptors (Lipinski definition) is 7. The molecule has 2 aromatic heterocycles. The van der Waals surface area contributed by atoms with Crippen LogP contribution >= 0.6 is 11.8 Å². The molecule has 5 rings (SSSR count). The van der Waals surface area contributed by atoms with Gasteiger partial charge in [-0.25, -0.2) is 4.68 Å². The number of nitrogens with zero attached hydrogens (tertiary/aromatic N) is 4. The maximum Gasteiger partial charge on any atom is 0.227 e. The Morgan fingerprint density at radius 3 is 2.83 bits per heavy atom. The normalized spacial score (nSPS) is 17.9. The molecule has 0 radical (unpaired) electrons. The molecule has 3 heterocycles. The molecule has 2 aliphatic rings. The van der Waals surface area contributed by atoms with Crippen molar-refractivity contribution in [3.8, 4) is 5.75 Å². The van der Waals surface area contributed by atoms with Crippen LogP contribution in [-0.2, 0) is 10.5 Å². The van der Waals surface area contributed by atoms with E-state index in [4.69, 9.17) is 14.8 Å². The molecule has 1 aliphatic heterocycles. The van der Waals surface area contributed by atoms with E-state index in [9.17, 15) is 4.79 Å². The number of pyridine rings is 1. The first kappa shape index (κ1) is 18.9. The zero-order valence-corrected chi connectivity index (χ0v) is 17.4. The topological polar surface area (TPSA) is 81.9 Å². The molecule has 0 bridgehead atoms. The molecule has 7 nitrogen and oxygen atoms in total. The number of allylic oxidation sites excluding steroid dienone is 2. The fraction of sp³-hybridized carbons (Fsp3) is 0.273. The van der Waals surface area contributed by atoms with Crippen LogP contribution < -0.4 is 10.1 Å². The first-order valence-electron chi connectivity index (χ1n) is 9.89. The summed E-state index contributed by atoms with van der Waals surface area (Å²) in [5.74, 6) is 2.31. The smallest absolute Gasteiger partial charge is 0.227 e. The number of Topliss-reactive ketones (excluding diaryl/α,β-unsaturated/α-hetero) is 1. The van der Waals surface area contributed by atoms with Crippen LogP contribution in [0.25, 0.3) is 0 Å². The largest absolute Gasteiger partial charge is 0.497 e. The third-order valence-electron chi connectivity index (χ3n) is 5.36. The van der Waals surface area contributed by atoms with Gasteiger partial charge in [0.1, 0.15) is 11.8 Å². The number of fused-ring (bicyclic) bond motifs is 1. The highest BCUT2D eigenvalue weighted by molar-refractivity contribution is 7.98. The minimum Gasteiger partial charge on any atom is -0.497 e. The molecular formula is C22H21N5O2S. The van der Waals surface area contributed by atoms with Crippen LogP contribution in [0.1, 0.15) is 36.6 Å². The van der Waals surface area contributed by atoms with Crippen molar-refractivity contribution in [2.24, 2.45) is 0 Å². The minimum absolute atomic E-state index is 0.174. The lowest BCUT2D eigenvalue weighted by molar-refractivity contribution is -0.116. The van der Waals surface area contributed by atoms with Gasteiger partial charge in [0.15, 0.2) is 5.78 Å². The Morgan fingerprint density at radius 1 is 1.20 bits per heavy atom. The molecule has 1 aliphatic carbocycles. The van der Waals surface area contributed by atoms with E-state index in [1.54, 1.807) is 13.3 Å². The molecule has 0 fully saturated rings. The third-order valence-corrected chi connectivity index (χ3v) is 6.23. The standard InChI is InChI=1S/C22H21N5O2S/c1-29-16-10-8-14(9-11-16)20-19-17(6-4-7-18(19)28)24-21-25-22(26-27(20)21)30-13-15-5-2-3-12-23-15/h2-3,5,8-12,20H,4,6-7,13H2,1H3,(H,24,25,26). The zero-order chi connectivity index (χ0) is 20.5. The second-order valence-corrected chi connectivity index (χ2v) is 8.18. The van der Waals surface area contributed by atoms with Crippen molar-refractivity contribution in [3.05, 3.63) is 71.2 Å². The SMILES string of the molecule is COc1ccc(C2C3=C(CCCC3=O)Nc3nc(SCc4ccccn4)nn32)cc1. The van der Waals surface area contributed by atoms with Crippen LogP contribution in [0.5, 0.6) is 5.75 Å². The Labute approximate surface area is 178 Å². The maximum atomic E-state index is 12.9. The van der Waals surface area contributed by atoms with Crippen LogP contribution in [-0.4, -0.2) is 32.6 Å². The van der Waals surface area contributed by atoms with Gasteiger partial charge in [0.2, 0.25) is 11.1 Å². The summed E-state index contributed by atoms with van der Waals surface area (Å²) in [6.45, 7) is 0. The van der Waals surface area contributed by atoms with Gasteiger partial charge in [0.25, 0.3) is 0 Å². The fourth-order valence-corrected chi connectivity index (χ4v) is 4.66. The molecule has 8 heteroatoms. The monoisotopic (exact) mass is 419 g/mol. The van der Waals surface area contributed by atoms with Crippen molar-refractivity contribution >= 4 is 23.5 Å². The second-order valence-electron chi connectivity index (χ2n) is 7.24.